The molecule has 0 saturated heterocycles. The summed E-state index contributed by atoms with van der Waals surface area (Å²) in [5.41, 5.74) is 6.71. The number of nitrogens with one attached hydrogen (secondary N) is 1. The molecule has 0 spiro atoms. The highest BCUT2D eigenvalue weighted by Crippen LogP contribution is 2.23. The van der Waals surface area contributed by atoms with Gasteiger partial charge >= 0.3 is 0 Å². The van der Waals surface area contributed by atoms with Crippen molar-refractivity contribution in [3.8, 4) is 11.5 Å². The lowest BCUT2D eigenvalue weighted by atomic mass is 10.3. The van der Waals surface area contributed by atoms with E-state index in [0.29, 0.717) is 18.3 Å². The third-order valence-electron chi connectivity index (χ3n) is 3.28. The van der Waals surface area contributed by atoms with Gasteiger partial charge in [0, 0.05) is 18.8 Å². The fourth-order valence-corrected chi connectivity index (χ4v) is 2.06. The van der Waals surface area contributed by atoms with Crippen LogP contribution in [0.15, 0.2) is 65.9 Å². The lowest BCUT2D eigenvalue weighted by Gasteiger charge is -2.09. The number of aromatic nitrogens is 3. The van der Waals surface area contributed by atoms with Gasteiger partial charge in [0.25, 0.3) is 0 Å². The first-order valence-corrected chi connectivity index (χ1v) is 7.43. The van der Waals surface area contributed by atoms with E-state index in [1.807, 2.05) is 61.6 Å². The predicted molar refractivity (Wildman–Crippen MR) is 108 cm³/mol. The van der Waals surface area contributed by atoms with Crippen LogP contribution in [0.25, 0.3) is 0 Å². The normalized spacial score (nSPS) is 10.8. The average molecular weight is 450 g/mol. The molecule has 0 atom stereocenters. The molecule has 0 aliphatic carbocycles. The minimum absolute atomic E-state index is 0. The van der Waals surface area contributed by atoms with E-state index < -0.39 is 0 Å². The number of rotatable bonds is 5. The maximum atomic E-state index is 5.92. The van der Waals surface area contributed by atoms with Crippen molar-refractivity contribution in [1.82, 2.24) is 14.8 Å². The lowest BCUT2D eigenvalue weighted by Crippen LogP contribution is -2.22. The molecule has 2 aromatic carbocycles. The molecule has 1 heterocycles. The van der Waals surface area contributed by atoms with Crippen molar-refractivity contribution in [2.45, 2.75) is 6.54 Å². The largest absolute Gasteiger partial charge is 0.457 e. The van der Waals surface area contributed by atoms with Gasteiger partial charge in [-0.3, -0.25) is 0 Å². The Morgan fingerprint density at radius 3 is 2.64 bits per heavy atom. The summed E-state index contributed by atoms with van der Waals surface area (Å²) in [6, 6.07) is 17.1. The number of guanidine groups is 1. The summed E-state index contributed by atoms with van der Waals surface area (Å²) in [5, 5.41) is 10.8. The van der Waals surface area contributed by atoms with E-state index >= 15 is 0 Å². The Morgan fingerprint density at radius 2 is 1.92 bits per heavy atom. The minimum atomic E-state index is 0. The second-order valence-corrected chi connectivity index (χ2v) is 5.13. The molecular formula is C17H19IN6O. The van der Waals surface area contributed by atoms with Gasteiger partial charge in [0.15, 0.2) is 11.8 Å². The number of para-hydroxylation sites is 1. The molecule has 0 fully saturated rings. The zero-order valence-electron chi connectivity index (χ0n) is 13.7. The van der Waals surface area contributed by atoms with Gasteiger partial charge in [0.05, 0.1) is 0 Å². The van der Waals surface area contributed by atoms with E-state index in [2.05, 4.69) is 20.5 Å². The second-order valence-electron chi connectivity index (χ2n) is 5.13. The first-order chi connectivity index (χ1) is 11.7. The molecule has 3 N–H and O–H groups in total. The van der Waals surface area contributed by atoms with Crippen LogP contribution in [0.5, 0.6) is 11.5 Å². The predicted octanol–water partition coefficient (Wildman–Crippen LogP) is 3.15. The van der Waals surface area contributed by atoms with E-state index in [4.69, 9.17) is 10.5 Å². The van der Waals surface area contributed by atoms with Crippen LogP contribution in [-0.4, -0.2) is 20.7 Å². The number of nitrogens with two attached hydrogens (primary N) is 1. The van der Waals surface area contributed by atoms with E-state index in [0.717, 1.165) is 17.3 Å². The molecule has 0 amide bonds. The van der Waals surface area contributed by atoms with Crippen LogP contribution in [0.3, 0.4) is 0 Å². The van der Waals surface area contributed by atoms with Gasteiger partial charge in [-0.2, -0.15) is 0 Å². The molecule has 25 heavy (non-hydrogen) atoms. The topological polar surface area (TPSA) is 90.4 Å². The highest BCUT2D eigenvalue weighted by atomic mass is 127. The van der Waals surface area contributed by atoms with Gasteiger partial charge in [0.1, 0.15) is 24.4 Å². The van der Waals surface area contributed by atoms with Gasteiger partial charge in [-0.25, -0.2) is 4.99 Å². The van der Waals surface area contributed by atoms with Crippen molar-refractivity contribution >= 4 is 35.6 Å². The molecular weight excluding hydrogens is 431 g/mol. The summed E-state index contributed by atoms with van der Waals surface area (Å²) in [7, 11) is 1.86. The molecule has 3 rings (SSSR count). The van der Waals surface area contributed by atoms with Gasteiger partial charge in [0.2, 0.25) is 0 Å². The van der Waals surface area contributed by atoms with Crippen LogP contribution in [0, 0.1) is 0 Å². The third kappa shape index (κ3) is 5.45. The van der Waals surface area contributed by atoms with Crippen molar-refractivity contribution in [1.29, 1.82) is 0 Å². The standard InChI is InChI=1S/C17H18N6O.HI/c1-23-12-20-22-16(23)11-19-17(18)21-13-6-5-9-15(10-13)24-14-7-3-2-4-8-14;/h2-10,12H,11H2,1H3,(H3,18,19,21);1H. The van der Waals surface area contributed by atoms with Gasteiger partial charge in [-0.05, 0) is 24.3 Å². The van der Waals surface area contributed by atoms with Crippen molar-refractivity contribution in [3.05, 3.63) is 66.7 Å². The zero-order chi connectivity index (χ0) is 16.8. The van der Waals surface area contributed by atoms with Crippen LogP contribution in [0.1, 0.15) is 5.82 Å². The molecule has 1 aromatic heterocycles. The van der Waals surface area contributed by atoms with E-state index in [-0.39, 0.29) is 24.0 Å². The lowest BCUT2D eigenvalue weighted by molar-refractivity contribution is 0.483. The molecule has 130 valence electrons. The number of hydrogen-bond donors (Lipinski definition) is 2. The number of ether oxygens (including phenoxy) is 1. The molecule has 0 bridgehead atoms. The van der Waals surface area contributed by atoms with Crippen molar-refractivity contribution in [2.75, 3.05) is 5.32 Å². The van der Waals surface area contributed by atoms with Crippen LogP contribution < -0.4 is 15.8 Å². The number of benzene rings is 2. The number of aliphatic imine (C=N–C) groups is 1. The third-order valence-corrected chi connectivity index (χ3v) is 3.28. The summed E-state index contributed by atoms with van der Waals surface area (Å²) in [5.74, 6) is 2.53. The van der Waals surface area contributed by atoms with Crippen molar-refractivity contribution in [3.63, 3.8) is 0 Å². The fourth-order valence-electron chi connectivity index (χ4n) is 2.06. The maximum absolute atomic E-state index is 5.92. The molecule has 7 nitrogen and oxygen atoms in total. The van der Waals surface area contributed by atoms with Crippen molar-refractivity contribution < 1.29 is 4.74 Å². The summed E-state index contributed by atoms with van der Waals surface area (Å²) < 4.78 is 7.59. The number of hydrogen-bond acceptors (Lipinski definition) is 4. The summed E-state index contributed by atoms with van der Waals surface area (Å²) in [6.45, 7) is 0.357. The van der Waals surface area contributed by atoms with E-state index in [1.165, 1.54) is 0 Å². The molecule has 8 heteroatoms. The molecule has 0 aliphatic heterocycles. The number of halogens is 1. The molecule has 0 radical (unpaired) electrons. The number of nitrogens with zero attached hydrogens (tertiary/aromatic N) is 4. The minimum Gasteiger partial charge on any atom is -0.457 e. The Bertz CT molecular complexity index is 834. The smallest absolute Gasteiger partial charge is 0.193 e. The number of anilines is 1. The SMILES string of the molecule is Cn1cnnc1CN=C(N)Nc1cccc(Oc2ccccc2)c1.I. The van der Waals surface area contributed by atoms with E-state index in [1.54, 1.807) is 10.9 Å². The Labute approximate surface area is 163 Å². The Balaban J connectivity index is 0.00000225. The Kier molecular flexibility index (Phi) is 6.75. The Morgan fingerprint density at radius 1 is 1.16 bits per heavy atom. The maximum Gasteiger partial charge on any atom is 0.193 e. The summed E-state index contributed by atoms with van der Waals surface area (Å²) >= 11 is 0. The van der Waals surface area contributed by atoms with E-state index in [9.17, 15) is 0 Å². The van der Waals surface area contributed by atoms with Crippen LogP contribution in [0.2, 0.25) is 0 Å². The van der Waals surface area contributed by atoms with Crippen molar-refractivity contribution in [2.24, 2.45) is 17.8 Å². The summed E-state index contributed by atoms with van der Waals surface area (Å²) in [4.78, 5) is 4.26. The highest BCUT2D eigenvalue weighted by molar-refractivity contribution is 14.0. The molecule has 0 saturated carbocycles. The highest BCUT2D eigenvalue weighted by Gasteiger charge is 2.02. The monoisotopic (exact) mass is 450 g/mol. The van der Waals surface area contributed by atoms with Gasteiger partial charge < -0.3 is 20.4 Å². The van der Waals surface area contributed by atoms with Crippen LogP contribution in [0.4, 0.5) is 5.69 Å². The quantitative estimate of drug-likeness (QED) is 0.354. The zero-order valence-corrected chi connectivity index (χ0v) is 16.0. The Hall–Kier alpha value is -2.62. The fraction of sp³-hybridized carbons (Fsp3) is 0.118. The number of aryl methyl sites for hydroxylation is 1. The van der Waals surface area contributed by atoms with Gasteiger partial charge in [-0.15, -0.1) is 34.2 Å². The van der Waals surface area contributed by atoms with Crippen LogP contribution >= 0.6 is 24.0 Å². The molecule has 0 unspecified atom stereocenters. The molecule has 0 aliphatic rings. The first kappa shape index (κ1) is 18.7. The molecule has 3 aromatic rings. The average Bonchev–Trinajstić information content (AvgIpc) is 2.99. The van der Waals surface area contributed by atoms with Crippen LogP contribution in [-0.2, 0) is 13.6 Å². The van der Waals surface area contributed by atoms with Gasteiger partial charge in [-0.1, -0.05) is 24.3 Å². The first-order valence-electron chi connectivity index (χ1n) is 7.43. The second kappa shape index (κ2) is 9.02. The summed E-state index contributed by atoms with van der Waals surface area (Å²) in [6.07, 6.45) is 1.62.